The molecule has 0 aliphatic carbocycles. The molecule has 0 atom stereocenters. The van der Waals surface area contributed by atoms with E-state index in [1.807, 2.05) is 32.9 Å². The first kappa shape index (κ1) is 23.0. The van der Waals surface area contributed by atoms with Crippen LogP contribution in [-0.2, 0) is 4.79 Å². The molecule has 166 valence electrons. The van der Waals surface area contributed by atoms with Gasteiger partial charge in [0, 0.05) is 35.5 Å². The van der Waals surface area contributed by atoms with E-state index in [0.717, 1.165) is 57.4 Å². The number of ketones is 1. The summed E-state index contributed by atoms with van der Waals surface area (Å²) in [5, 5.41) is 0. The van der Waals surface area contributed by atoms with Crippen LogP contribution in [0.3, 0.4) is 0 Å². The number of carbonyl (C=O) groups is 2. The lowest BCUT2D eigenvalue weighted by Crippen LogP contribution is -2.49. The fraction of sp³-hybridized carbons (Fsp3) is 0.692. The molecule has 2 aliphatic heterocycles. The third-order valence-corrected chi connectivity index (χ3v) is 6.92. The molecule has 2 saturated heterocycles. The number of Topliss-reactive ketones (excluding diaryl/α,β-unsaturated/α-hetero) is 1. The van der Waals surface area contributed by atoms with E-state index in [9.17, 15) is 9.59 Å². The van der Waals surface area contributed by atoms with Gasteiger partial charge in [-0.05, 0) is 71.0 Å². The Balaban J connectivity index is 1.51. The molecular weight excluding hydrogens is 372 g/mol. The lowest BCUT2D eigenvalue weighted by atomic mass is 9.84. The Hall–Kier alpha value is -1.68. The summed E-state index contributed by atoms with van der Waals surface area (Å²) in [6, 6.07) is 8.18. The summed E-state index contributed by atoms with van der Waals surface area (Å²) in [6.45, 7) is 16.4. The molecule has 0 saturated carbocycles. The van der Waals surface area contributed by atoms with Crippen LogP contribution in [0.4, 0.5) is 0 Å². The van der Waals surface area contributed by atoms with E-state index in [1.165, 1.54) is 5.56 Å². The Morgan fingerprint density at radius 3 is 1.80 bits per heavy atom. The Morgan fingerprint density at radius 2 is 1.33 bits per heavy atom. The monoisotopic (exact) mass is 412 g/mol. The smallest absolute Gasteiger partial charge is 0.225 e. The Bertz CT molecular complexity index is 739. The van der Waals surface area contributed by atoms with Gasteiger partial charge in [-0.25, -0.2) is 0 Å². The maximum absolute atomic E-state index is 13.0. The van der Waals surface area contributed by atoms with Crippen LogP contribution in [0.2, 0.25) is 0 Å². The third kappa shape index (κ3) is 5.32. The first-order valence-electron chi connectivity index (χ1n) is 11.7. The molecule has 0 bridgehead atoms. The predicted molar refractivity (Wildman–Crippen MR) is 123 cm³/mol. The fourth-order valence-electron chi connectivity index (χ4n) is 4.83. The van der Waals surface area contributed by atoms with Crippen molar-refractivity contribution < 1.29 is 9.59 Å². The molecule has 4 heteroatoms. The van der Waals surface area contributed by atoms with Crippen LogP contribution < -0.4 is 0 Å². The van der Waals surface area contributed by atoms with E-state index < -0.39 is 0 Å². The van der Waals surface area contributed by atoms with Gasteiger partial charge in [-0.3, -0.25) is 14.5 Å². The second kappa shape index (κ2) is 8.82. The molecule has 0 unspecified atom stereocenters. The molecule has 2 heterocycles. The van der Waals surface area contributed by atoms with Crippen LogP contribution in [0.1, 0.15) is 89.1 Å². The number of benzene rings is 1. The highest BCUT2D eigenvalue weighted by Gasteiger charge is 2.33. The molecule has 2 fully saturated rings. The average Bonchev–Trinajstić information content (AvgIpc) is 2.72. The normalized spacial score (nSPS) is 20.4. The van der Waals surface area contributed by atoms with Crippen LogP contribution >= 0.6 is 0 Å². The second-order valence-corrected chi connectivity index (χ2v) is 11.2. The molecule has 0 N–H and O–H groups in total. The van der Waals surface area contributed by atoms with Gasteiger partial charge in [0.05, 0.1) is 0 Å². The van der Waals surface area contributed by atoms with E-state index in [1.54, 1.807) is 0 Å². The fourth-order valence-corrected chi connectivity index (χ4v) is 4.83. The van der Waals surface area contributed by atoms with Crippen molar-refractivity contribution >= 4 is 11.7 Å². The van der Waals surface area contributed by atoms with Crippen molar-refractivity contribution in [1.82, 2.24) is 9.80 Å². The predicted octanol–water partition coefficient (Wildman–Crippen LogP) is 5.13. The SMILES string of the molecule is CC(C)(C)C(=O)c1ccc(C2CCN(C(=O)C3CCN(C(C)(C)C)CC3)CC2)cc1. The molecular formula is C26H40N2O2. The van der Waals surface area contributed by atoms with Crippen LogP contribution in [0, 0.1) is 11.3 Å². The number of rotatable bonds is 3. The summed E-state index contributed by atoms with van der Waals surface area (Å²) in [4.78, 5) is 30.1. The van der Waals surface area contributed by atoms with Gasteiger partial charge in [0.2, 0.25) is 5.91 Å². The van der Waals surface area contributed by atoms with Gasteiger partial charge in [0.25, 0.3) is 0 Å². The highest BCUT2D eigenvalue weighted by Crippen LogP contribution is 2.31. The summed E-state index contributed by atoms with van der Waals surface area (Å²) in [5.41, 5.74) is 1.93. The molecule has 4 nitrogen and oxygen atoms in total. The van der Waals surface area contributed by atoms with Crippen molar-refractivity contribution in [2.24, 2.45) is 11.3 Å². The first-order valence-corrected chi connectivity index (χ1v) is 11.7. The van der Waals surface area contributed by atoms with E-state index in [-0.39, 0.29) is 22.7 Å². The lowest BCUT2D eigenvalue weighted by molar-refractivity contribution is -0.138. The van der Waals surface area contributed by atoms with Crippen molar-refractivity contribution in [2.75, 3.05) is 26.2 Å². The van der Waals surface area contributed by atoms with Gasteiger partial charge in [-0.2, -0.15) is 0 Å². The third-order valence-electron chi connectivity index (χ3n) is 6.92. The van der Waals surface area contributed by atoms with Crippen LogP contribution in [0.15, 0.2) is 24.3 Å². The maximum Gasteiger partial charge on any atom is 0.225 e. The van der Waals surface area contributed by atoms with Gasteiger partial charge in [0.15, 0.2) is 5.78 Å². The quantitative estimate of drug-likeness (QED) is 0.646. The molecule has 1 aromatic carbocycles. The highest BCUT2D eigenvalue weighted by molar-refractivity contribution is 5.99. The summed E-state index contributed by atoms with van der Waals surface area (Å²) in [6.07, 6.45) is 4.00. The molecule has 3 rings (SSSR count). The van der Waals surface area contributed by atoms with Crippen molar-refractivity contribution in [1.29, 1.82) is 0 Å². The minimum absolute atomic E-state index is 0.187. The van der Waals surface area contributed by atoms with Crippen LogP contribution in [-0.4, -0.2) is 53.2 Å². The van der Waals surface area contributed by atoms with E-state index >= 15 is 0 Å². The zero-order valence-corrected chi connectivity index (χ0v) is 19.8. The maximum atomic E-state index is 13.0. The molecule has 0 aromatic heterocycles. The first-order chi connectivity index (χ1) is 14.0. The minimum Gasteiger partial charge on any atom is -0.342 e. The van der Waals surface area contributed by atoms with Crippen molar-refractivity contribution in [2.45, 2.75) is 78.7 Å². The standard InChI is InChI=1S/C26H40N2O2/c1-25(2,3)23(29)21-9-7-19(8-10-21)20-11-15-27(16-12-20)24(30)22-13-17-28(18-14-22)26(4,5)6/h7-10,20,22H,11-18H2,1-6H3. The van der Waals surface area contributed by atoms with Crippen molar-refractivity contribution in [3.63, 3.8) is 0 Å². The van der Waals surface area contributed by atoms with Gasteiger partial charge < -0.3 is 4.90 Å². The molecule has 30 heavy (non-hydrogen) atoms. The highest BCUT2D eigenvalue weighted by atomic mass is 16.2. The second-order valence-electron chi connectivity index (χ2n) is 11.2. The Kier molecular flexibility index (Phi) is 6.76. The molecule has 1 aromatic rings. The topological polar surface area (TPSA) is 40.6 Å². The number of amides is 1. The summed E-state index contributed by atoms with van der Waals surface area (Å²) >= 11 is 0. The van der Waals surface area contributed by atoms with E-state index in [2.05, 4.69) is 42.7 Å². The summed E-state index contributed by atoms with van der Waals surface area (Å²) in [7, 11) is 0. The number of piperidine rings is 2. The average molecular weight is 413 g/mol. The van der Waals surface area contributed by atoms with Crippen molar-refractivity contribution in [3.05, 3.63) is 35.4 Å². The van der Waals surface area contributed by atoms with Crippen molar-refractivity contribution in [3.8, 4) is 0 Å². The Labute approximate surface area is 183 Å². The van der Waals surface area contributed by atoms with E-state index in [0.29, 0.717) is 11.8 Å². The van der Waals surface area contributed by atoms with Crippen LogP contribution in [0.5, 0.6) is 0 Å². The minimum atomic E-state index is -0.351. The molecule has 0 spiro atoms. The van der Waals surface area contributed by atoms with Gasteiger partial charge in [-0.15, -0.1) is 0 Å². The zero-order chi connectivity index (χ0) is 22.1. The lowest BCUT2D eigenvalue weighted by Gasteiger charge is -2.42. The summed E-state index contributed by atoms with van der Waals surface area (Å²) in [5.74, 6) is 1.23. The largest absolute Gasteiger partial charge is 0.342 e. The number of hydrogen-bond donors (Lipinski definition) is 0. The number of carbonyl (C=O) groups excluding carboxylic acids is 2. The van der Waals surface area contributed by atoms with Gasteiger partial charge >= 0.3 is 0 Å². The molecule has 1 amide bonds. The Morgan fingerprint density at radius 1 is 0.800 bits per heavy atom. The summed E-state index contributed by atoms with van der Waals surface area (Å²) < 4.78 is 0. The molecule has 2 aliphatic rings. The van der Waals surface area contributed by atoms with Crippen LogP contribution in [0.25, 0.3) is 0 Å². The molecule has 0 radical (unpaired) electrons. The number of nitrogens with zero attached hydrogens (tertiary/aromatic N) is 2. The van der Waals surface area contributed by atoms with E-state index in [4.69, 9.17) is 0 Å². The number of hydrogen-bond acceptors (Lipinski definition) is 3. The zero-order valence-electron chi connectivity index (χ0n) is 19.8. The van der Waals surface area contributed by atoms with Gasteiger partial charge in [0.1, 0.15) is 0 Å². The number of likely N-dealkylation sites (tertiary alicyclic amines) is 2. The van der Waals surface area contributed by atoms with Gasteiger partial charge in [-0.1, -0.05) is 45.0 Å².